The molecule has 1 fully saturated rings. The number of carboxylic acid groups (broad SMARTS) is 1. The zero-order valence-electron chi connectivity index (χ0n) is 9.09. The number of nitrogens with two attached hydrogens (primary N) is 1. The van der Waals surface area contributed by atoms with Crippen molar-refractivity contribution in [1.29, 1.82) is 0 Å². The van der Waals surface area contributed by atoms with Crippen molar-refractivity contribution in [2.75, 3.05) is 6.54 Å². The van der Waals surface area contributed by atoms with Crippen molar-refractivity contribution in [1.82, 2.24) is 15.0 Å². The van der Waals surface area contributed by atoms with Crippen molar-refractivity contribution < 1.29 is 9.90 Å². The molecule has 0 unspecified atom stereocenters. The lowest BCUT2D eigenvalue weighted by Crippen LogP contribution is -2.13. The highest BCUT2D eigenvalue weighted by molar-refractivity contribution is 5.86. The van der Waals surface area contributed by atoms with Gasteiger partial charge in [0.15, 0.2) is 5.69 Å². The molecule has 1 aliphatic carbocycles. The Balaban J connectivity index is 2.11. The molecule has 0 saturated heterocycles. The number of rotatable bonds is 6. The van der Waals surface area contributed by atoms with Crippen LogP contribution < -0.4 is 5.73 Å². The number of carbonyl (C=O) groups is 1. The highest BCUT2D eigenvalue weighted by atomic mass is 16.4. The Morgan fingerprint density at radius 2 is 2.31 bits per heavy atom. The number of nitrogens with zero attached hydrogens (tertiary/aromatic N) is 3. The molecule has 0 amide bonds. The van der Waals surface area contributed by atoms with Crippen molar-refractivity contribution >= 4 is 5.97 Å². The SMILES string of the molecule is NCCc1c(C(=O)O)nnn1CCC1CC1. The molecule has 3 N–H and O–H groups in total. The summed E-state index contributed by atoms with van der Waals surface area (Å²) in [5, 5.41) is 16.5. The third-order valence-electron chi connectivity index (χ3n) is 2.87. The van der Waals surface area contributed by atoms with Crippen LogP contribution in [0.25, 0.3) is 0 Å². The first-order valence-corrected chi connectivity index (χ1v) is 5.58. The highest BCUT2D eigenvalue weighted by Gasteiger charge is 2.23. The number of hydrogen-bond acceptors (Lipinski definition) is 4. The number of carboxylic acids is 1. The summed E-state index contributed by atoms with van der Waals surface area (Å²) in [5.74, 6) is -0.232. The minimum atomic E-state index is -1.03. The van der Waals surface area contributed by atoms with Gasteiger partial charge in [-0.3, -0.25) is 0 Å². The predicted molar refractivity (Wildman–Crippen MR) is 57.1 cm³/mol. The molecule has 1 saturated carbocycles. The molecule has 1 heterocycles. The third kappa shape index (κ3) is 2.38. The van der Waals surface area contributed by atoms with Crippen LogP contribution in [0.15, 0.2) is 0 Å². The first-order chi connectivity index (χ1) is 7.72. The lowest BCUT2D eigenvalue weighted by molar-refractivity contribution is 0.0689. The van der Waals surface area contributed by atoms with Gasteiger partial charge in [-0.15, -0.1) is 5.10 Å². The minimum Gasteiger partial charge on any atom is -0.476 e. The van der Waals surface area contributed by atoms with Crippen LogP contribution in [0.5, 0.6) is 0 Å². The predicted octanol–water partition coefficient (Wildman–Crippen LogP) is 0.278. The maximum Gasteiger partial charge on any atom is 0.358 e. The second kappa shape index (κ2) is 4.61. The van der Waals surface area contributed by atoms with Crippen molar-refractivity contribution in [2.45, 2.75) is 32.2 Å². The molecule has 1 aromatic rings. The van der Waals surface area contributed by atoms with Crippen LogP contribution in [0.2, 0.25) is 0 Å². The van der Waals surface area contributed by atoms with Gasteiger partial charge in [0.1, 0.15) is 0 Å². The molecule has 16 heavy (non-hydrogen) atoms. The zero-order valence-corrected chi connectivity index (χ0v) is 9.09. The largest absolute Gasteiger partial charge is 0.476 e. The monoisotopic (exact) mass is 224 g/mol. The lowest BCUT2D eigenvalue weighted by atomic mass is 10.2. The molecule has 0 aliphatic heterocycles. The molecule has 0 aromatic carbocycles. The Morgan fingerprint density at radius 1 is 1.56 bits per heavy atom. The van der Waals surface area contributed by atoms with Gasteiger partial charge in [0.2, 0.25) is 0 Å². The summed E-state index contributed by atoms with van der Waals surface area (Å²) in [6, 6.07) is 0. The first-order valence-electron chi connectivity index (χ1n) is 5.58. The second-order valence-electron chi connectivity index (χ2n) is 4.18. The standard InChI is InChI=1S/C10H16N4O2/c11-5-3-8-9(10(15)16)12-13-14(8)6-4-7-1-2-7/h7H,1-6,11H2,(H,15,16). The molecule has 1 aliphatic rings. The Bertz CT molecular complexity index is 384. The van der Waals surface area contributed by atoms with Crippen molar-refractivity contribution in [3.05, 3.63) is 11.4 Å². The molecule has 1 aromatic heterocycles. The summed E-state index contributed by atoms with van der Waals surface area (Å²) in [7, 11) is 0. The number of aromatic nitrogens is 3. The van der Waals surface area contributed by atoms with Crippen LogP contribution in [0.3, 0.4) is 0 Å². The fourth-order valence-electron chi connectivity index (χ4n) is 1.77. The normalized spacial score (nSPS) is 15.3. The van der Waals surface area contributed by atoms with Crippen molar-refractivity contribution in [3.8, 4) is 0 Å². The molecule has 0 radical (unpaired) electrons. The molecular weight excluding hydrogens is 208 g/mol. The van der Waals surface area contributed by atoms with E-state index in [0.717, 1.165) is 18.9 Å². The van der Waals surface area contributed by atoms with Gasteiger partial charge in [-0.05, 0) is 18.9 Å². The molecule has 6 heteroatoms. The van der Waals surface area contributed by atoms with Gasteiger partial charge in [-0.25, -0.2) is 9.48 Å². The Labute approximate surface area is 93.4 Å². The van der Waals surface area contributed by atoms with Crippen LogP contribution >= 0.6 is 0 Å². The summed E-state index contributed by atoms with van der Waals surface area (Å²) in [5.41, 5.74) is 6.16. The summed E-state index contributed by atoms with van der Waals surface area (Å²) in [6.45, 7) is 1.16. The summed E-state index contributed by atoms with van der Waals surface area (Å²) < 4.78 is 1.69. The second-order valence-corrected chi connectivity index (χ2v) is 4.18. The van der Waals surface area contributed by atoms with E-state index in [9.17, 15) is 4.79 Å². The Morgan fingerprint density at radius 3 is 2.88 bits per heavy atom. The molecule has 0 spiro atoms. The van der Waals surface area contributed by atoms with E-state index in [0.29, 0.717) is 18.7 Å². The number of aromatic carboxylic acids is 1. The van der Waals surface area contributed by atoms with E-state index >= 15 is 0 Å². The zero-order chi connectivity index (χ0) is 11.5. The minimum absolute atomic E-state index is 0.0428. The molecule has 6 nitrogen and oxygen atoms in total. The average Bonchev–Trinajstić information content (AvgIpc) is 2.98. The van der Waals surface area contributed by atoms with Gasteiger partial charge in [0.25, 0.3) is 0 Å². The Kier molecular flexibility index (Phi) is 3.19. The van der Waals surface area contributed by atoms with Crippen LogP contribution in [-0.4, -0.2) is 32.6 Å². The number of aryl methyl sites for hydroxylation is 1. The summed E-state index contributed by atoms with van der Waals surface area (Å²) in [6.07, 6.45) is 4.14. The van der Waals surface area contributed by atoms with Gasteiger partial charge < -0.3 is 10.8 Å². The molecule has 2 rings (SSSR count). The maximum atomic E-state index is 10.9. The van der Waals surface area contributed by atoms with Gasteiger partial charge >= 0.3 is 5.97 Å². The summed E-state index contributed by atoms with van der Waals surface area (Å²) in [4.78, 5) is 10.9. The van der Waals surface area contributed by atoms with E-state index < -0.39 is 5.97 Å². The van der Waals surface area contributed by atoms with Gasteiger partial charge in [0, 0.05) is 13.0 Å². The van der Waals surface area contributed by atoms with E-state index in [4.69, 9.17) is 10.8 Å². The van der Waals surface area contributed by atoms with Gasteiger partial charge in [0.05, 0.1) is 5.69 Å². The van der Waals surface area contributed by atoms with Crippen molar-refractivity contribution in [3.63, 3.8) is 0 Å². The molecule has 0 atom stereocenters. The van der Waals surface area contributed by atoms with Crippen LogP contribution in [-0.2, 0) is 13.0 Å². The molecular formula is C10H16N4O2. The van der Waals surface area contributed by atoms with E-state index in [1.807, 2.05) is 0 Å². The van der Waals surface area contributed by atoms with Crippen LogP contribution in [0, 0.1) is 5.92 Å². The highest BCUT2D eigenvalue weighted by Crippen LogP contribution is 2.32. The van der Waals surface area contributed by atoms with Gasteiger partial charge in [-0.2, -0.15) is 0 Å². The maximum absolute atomic E-state index is 10.9. The molecule has 0 bridgehead atoms. The fraction of sp³-hybridized carbons (Fsp3) is 0.700. The lowest BCUT2D eigenvalue weighted by Gasteiger charge is -2.04. The topological polar surface area (TPSA) is 94.0 Å². The Hall–Kier alpha value is -1.43. The van der Waals surface area contributed by atoms with E-state index in [1.165, 1.54) is 12.8 Å². The van der Waals surface area contributed by atoms with Gasteiger partial charge in [-0.1, -0.05) is 18.1 Å². The van der Waals surface area contributed by atoms with Crippen molar-refractivity contribution in [2.24, 2.45) is 11.7 Å². The molecule has 88 valence electrons. The fourth-order valence-corrected chi connectivity index (χ4v) is 1.77. The van der Waals surface area contributed by atoms with Crippen LogP contribution in [0.1, 0.15) is 35.4 Å². The van der Waals surface area contributed by atoms with Crippen LogP contribution in [0.4, 0.5) is 0 Å². The van der Waals surface area contributed by atoms with E-state index in [1.54, 1.807) is 4.68 Å². The van der Waals surface area contributed by atoms with E-state index in [2.05, 4.69) is 10.3 Å². The number of hydrogen-bond donors (Lipinski definition) is 2. The summed E-state index contributed by atoms with van der Waals surface area (Å²) >= 11 is 0. The smallest absolute Gasteiger partial charge is 0.358 e. The third-order valence-corrected chi connectivity index (χ3v) is 2.87. The average molecular weight is 224 g/mol. The quantitative estimate of drug-likeness (QED) is 0.723. The first kappa shape index (κ1) is 11.1. The van der Waals surface area contributed by atoms with E-state index in [-0.39, 0.29) is 5.69 Å².